The molecule has 0 aliphatic carbocycles. The highest BCUT2D eigenvalue weighted by molar-refractivity contribution is 6.30. The lowest BCUT2D eigenvalue weighted by atomic mass is 9.95. The first kappa shape index (κ1) is 26.2. The number of benzene rings is 1. The minimum Gasteiger partial charge on any atom is -0.466 e. The maximum absolute atomic E-state index is 15.5. The molecule has 6 nitrogen and oxygen atoms in total. The van der Waals surface area contributed by atoms with Crippen molar-refractivity contribution in [2.45, 2.75) is 58.9 Å². The number of halogens is 2. The lowest BCUT2D eigenvalue weighted by Crippen LogP contribution is -2.42. The van der Waals surface area contributed by atoms with Gasteiger partial charge in [-0.25, -0.2) is 9.37 Å². The predicted octanol–water partition coefficient (Wildman–Crippen LogP) is 6.32. The van der Waals surface area contributed by atoms with Crippen molar-refractivity contribution in [1.29, 1.82) is 0 Å². The lowest BCUT2D eigenvalue weighted by Gasteiger charge is -2.38. The number of ether oxygens (including phenoxy) is 2. The molecule has 1 saturated heterocycles. The van der Waals surface area contributed by atoms with Gasteiger partial charge in [0.1, 0.15) is 11.6 Å². The summed E-state index contributed by atoms with van der Waals surface area (Å²) in [7, 11) is 0. The lowest BCUT2D eigenvalue weighted by molar-refractivity contribution is -0.143. The van der Waals surface area contributed by atoms with Gasteiger partial charge in [0.15, 0.2) is 0 Å². The van der Waals surface area contributed by atoms with Gasteiger partial charge in [0, 0.05) is 32.0 Å². The third-order valence-corrected chi connectivity index (χ3v) is 6.14. The number of nitrogens with one attached hydrogen (secondary N) is 1. The van der Waals surface area contributed by atoms with E-state index in [9.17, 15) is 4.79 Å². The number of anilines is 3. The summed E-state index contributed by atoms with van der Waals surface area (Å²) in [5.74, 6) is -0.0146. The predicted molar refractivity (Wildman–Crippen MR) is 135 cm³/mol. The van der Waals surface area contributed by atoms with E-state index < -0.39 is 0 Å². The van der Waals surface area contributed by atoms with Gasteiger partial charge in [0.05, 0.1) is 29.4 Å². The van der Waals surface area contributed by atoms with Crippen LogP contribution in [0.1, 0.15) is 58.4 Å². The average molecular weight is 492 g/mol. The van der Waals surface area contributed by atoms with Gasteiger partial charge in [-0.3, -0.25) is 4.79 Å². The maximum atomic E-state index is 15.5. The van der Waals surface area contributed by atoms with E-state index in [0.29, 0.717) is 42.1 Å². The van der Waals surface area contributed by atoms with Crippen LogP contribution in [0.5, 0.6) is 0 Å². The first-order valence-electron chi connectivity index (χ1n) is 12.0. The summed E-state index contributed by atoms with van der Waals surface area (Å²) in [6, 6.07) is 7.19. The Labute approximate surface area is 206 Å². The molecule has 0 saturated carbocycles. The minimum atomic E-state index is -0.339. The maximum Gasteiger partial charge on any atom is 0.306 e. The van der Waals surface area contributed by atoms with Crippen LogP contribution >= 0.6 is 11.6 Å². The quantitative estimate of drug-likeness (QED) is 0.392. The highest BCUT2D eigenvalue weighted by Crippen LogP contribution is 2.37. The molecule has 0 radical (unpaired) electrons. The van der Waals surface area contributed by atoms with E-state index in [0.717, 1.165) is 30.8 Å². The fourth-order valence-electron chi connectivity index (χ4n) is 4.30. The van der Waals surface area contributed by atoms with E-state index in [1.807, 2.05) is 6.92 Å². The van der Waals surface area contributed by atoms with Gasteiger partial charge in [-0.15, -0.1) is 0 Å². The van der Waals surface area contributed by atoms with Crippen LogP contribution in [0, 0.1) is 11.7 Å². The van der Waals surface area contributed by atoms with Crippen LogP contribution in [0.15, 0.2) is 30.5 Å². The Hall–Kier alpha value is -2.38. The number of carbonyl (C=O) groups is 1. The minimum absolute atomic E-state index is 0.110. The molecule has 1 aliphatic rings. The molecule has 3 rings (SSSR count). The van der Waals surface area contributed by atoms with Gasteiger partial charge in [-0.1, -0.05) is 32.4 Å². The average Bonchev–Trinajstić information content (AvgIpc) is 2.80. The monoisotopic (exact) mass is 491 g/mol. The second-order valence-corrected chi connectivity index (χ2v) is 9.61. The Morgan fingerprint density at radius 2 is 2.03 bits per heavy atom. The van der Waals surface area contributed by atoms with Crippen LogP contribution < -0.4 is 10.2 Å². The number of hydrogen-bond donors (Lipinski definition) is 1. The van der Waals surface area contributed by atoms with Crippen LogP contribution in [0.25, 0.3) is 0 Å². The molecule has 1 atom stereocenters. The van der Waals surface area contributed by atoms with Crippen LogP contribution in [0.2, 0.25) is 5.02 Å². The van der Waals surface area contributed by atoms with E-state index in [1.54, 1.807) is 37.4 Å². The van der Waals surface area contributed by atoms with E-state index >= 15 is 4.39 Å². The summed E-state index contributed by atoms with van der Waals surface area (Å²) in [6.45, 7) is 10.4. The molecule has 2 aromatic rings. The van der Waals surface area contributed by atoms with Crippen molar-refractivity contribution >= 4 is 34.8 Å². The third-order valence-electron chi connectivity index (χ3n) is 5.92. The van der Waals surface area contributed by atoms with Gasteiger partial charge >= 0.3 is 5.97 Å². The van der Waals surface area contributed by atoms with E-state index in [1.165, 1.54) is 0 Å². The first-order chi connectivity index (χ1) is 16.3. The standard InChI is InChI=1S/C26H35ClFN3O3/c1-5-34-26(32)12-18(4)21-13-23(30-25-7-6-19(27)15-29-25)24(14-22(21)28)31(16-17(2)3)20-8-10-33-11-9-20/h6-7,13-15,17-18,20H,5,8-12,16H2,1-4H3,(H,29,30)/t18-/m1/s1. The third kappa shape index (κ3) is 7.06. The zero-order valence-corrected chi connectivity index (χ0v) is 21.2. The SMILES string of the molecule is CCOC(=O)C[C@@H](C)c1cc(Nc2ccc(Cl)cn2)c(N(CC(C)C)C2CCOCC2)cc1F. The molecule has 0 unspecified atom stereocenters. The molecule has 8 heteroatoms. The molecular formula is C26H35ClFN3O3. The van der Waals surface area contributed by atoms with Crippen molar-refractivity contribution in [2.24, 2.45) is 5.92 Å². The fraction of sp³-hybridized carbons (Fsp3) is 0.538. The molecule has 0 bridgehead atoms. The summed E-state index contributed by atoms with van der Waals surface area (Å²) in [4.78, 5) is 18.7. The molecule has 1 aromatic heterocycles. The molecule has 0 spiro atoms. The van der Waals surface area contributed by atoms with Crippen LogP contribution in [0.3, 0.4) is 0 Å². The zero-order valence-electron chi connectivity index (χ0n) is 20.4. The number of nitrogens with zero attached hydrogens (tertiary/aromatic N) is 2. The Morgan fingerprint density at radius 1 is 1.29 bits per heavy atom. The summed E-state index contributed by atoms with van der Waals surface area (Å²) in [6.07, 6.45) is 3.45. The number of aromatic nitrogens is 1. The summed E-state index contributed by atoms with van der Waals surface area (Å²) in [5, 5.41) is 3.91. The van der Waals surface area contributed by atoms with Crippen molar-refractivity contribution in [2.75, 3.05) is 36.6 Å². The smallest absolute Gasteiger partial charge is 0.306 e. The van der Waals surface area contributed by atoms with Gasteiger partial charge in [0.2, 0.25) is 0 Å². The molecule has 1 fully saturated rings. The summed E-state index contributed by atoms with van der Waals surface area (Å²) < 4.78 is 26.2. The van der Waals surface area contributed by atoms with Crippen molar-refractivity contribution in [1.82, 2.24) is 4.98 Å². The number of rotatable bonds is 10. The van der Waals surface area contributed by atoms with E-state index in [-0.39, 0.29) is 30.2 Å². The summed E-state index contributed by atoms with van der Waals surface area (Å²) >= 11 is 6.01. The second kappa shape index (κ2) is 12.4. The zero-order chi connectivity index (χ0) is 24.7. The molecule has 1 aromatic carbocycles. The van der Waals surface area contributed by atoms with Crippen LogP contribution in [0.4, 0.5) is 21.6 Å². The second-order valence-electron chi connectivity index (χ2n) is 9.18. The Morgan fingerprint density at radius 3 is 2.65 bits per heavy atom. The topological polar surface area (TPSA) is 63.7 Å². The molecule has 1 N–H and O–H groups in total. The molecular weight excluding hydrogens is 457 g/mol. The number of esters is 1. The van der Waals surface area contributed by atoms with Gasteiger partial charge in [0.25, 0.3) is 0 Å². The van der Waals surface area contributed by atoms with Gasteiger partial charge in [-0.2, -0.15) is 0 Å². The Balaban J connectivity index is 2.03. The van der Waals surface area contributed by atoms with Gasteiger partial charge in [-0.05, 0) is 61.4 Å². The largest absolute Gasteiger partial charge is 0.466 e. The van der Waals surface area contributed by atoms with Gasteiger partial charge < -0.3 is 19.7 Å². The Bertz CT molecular complexity index is 949. The summed E-state index contributed by atoms with van der Waals surface area (Å²) in [5.41, 5.74) is 1.99. The normalized spacial score (nSPS) is 15.3. The number of hydrogen-bond acceptors (Lipinski definition) is 6. The highest BCUT2D eigenvalue weighted by Gasteiger charge is 2.27. The number of carbonyl (C=O) groups excluding carboxylic acids is 1. The molecule has 2 heterocycles. The molecule has 0 amide bonds. The highest BCUT2D eigenvalue weighted by atomic mass is 35.5. The van der Waals surface area contributed by atoms with Crippen molar-refractivity contribution in [3.63, 3.8) is 0 Å². The van der Waals surface area contributed by atoms with Crippen LogP contribution in [-0.2, 0) is 14.3 Å². The first-order valence-corrected chi connectivity index (χ1v) is 12.4. The van der Waals surface area contributed by atoms with E-state index in [2.05, 4.69) is 29.0 Å². The molecule has 34 heavy (non-hydrogen) atoms. The van der Waals surface area contributed by atoms with Crippen LogP contribution in [-0.4, -0.2) is 43.4 Å². The van der Waals surface area contributed by atoms with Crippen molar-refractivity contribution in [3.05, 3.63) is 46.9 Å². The van der Waals surface area contributed by atoms with E-state index in [4.69, 9.17) is 21.1 Å². The van der Waals surface area contributed by atoms with Crippen molar-refractivity contribution in [3.8, 4) is 0 Å². The van der Waals surface area contributed by atoms with Crippen molar-refractivity contribution < 1.29 is 18.7 Å². The molecule has 186 valence electrons. The Kier molecular flexibility index (Phi) is 9.54. The number of pyridine rings is 1. The molecule has 1 aliphatic heterocycles. The fourth-order valence-corrected chi connectivity index (χ4v) is 4.41.